The lowest BCUT2D eigenvalue weighted by Gasteiger charge is -2.14. The molecule has 1 aromatic rings. The van der Waals surface area contributed by atoms with Gasteiger partial charge in [0.15, 0.2) is 0 Å². The smallest absolute Gasteiger partial charge is 0.119 e. The van der Waals surface area contributed by atoms with E-state index < -0.39 is 0 Å². The van der Waals surface area contributed by atoms with Gasteiger partial charge in [-0.1, -0.05) is 38.8 Å². The fraction of sp³-hybridized carbons (Fsp3) is 0.600. The Kier molecular flexibility index (Phi) is 6.06. The normalized spacial score (nSPS) is 12.8. The molecular weight excluding hydrogens is 210 g/mol. The molecule has 0 aliphatic carbocycles. The van der Waals surface area contributed by atoms with E-state index in [9.17, 15) is 0 Å². The van der Waals surface area contributed by atoms with Gasteiger partial charge in [0.25, 0.3) is 0 Å². The summed E-state index contributed by atoms with van der Waals surface area (Å²) in [5, 5.41) is 0. The first kappa shape index (κ1) is 14.0. The van der Waals surface area contributed by atoms with Crippen molar-refractivity contribution < 1.29 is 4.74 Å². The van der Waals surface area contributed by atoms with Crippen LogP contribution in [-0.4, -0.2) is 6.61 Å². The quantitative estimate of drug-likeness (QED) is 0.777. The SMILES string of the molecule is CCOc1cccc(C(N)CCCC(C)C)c1. The second kappa shape index (κ2) is 7.33. The summed E-state index contributed by atoms with van der Waals surface area (Å²) in [6, 6.07) is 8.27. The maximum atomic E-state index is 6.19. The zero-order valence-corrected chi connectivity index (χ0v) is 11.3. The van der Waals surface area contributed by atoms with Gasteiger partial charge >= 0.3 is 0 Å². The van der Waals surface area contributed by atoms with E-state index in [1.54, 1.807) is 0 Å². The largest absolute Gasteiger partial charge is 0.494 e. The highest BCUT2D eigenvalue weighted by molar-refractivity contribution is 5.30. The minimum atomic E-state index is 0.133. The number of nitrogens with two attached hydrogens (primary N) is 1. The third-order valence-electron chi connectivity index (χ3n) is 2.89. The van der Waals surface area contributed by atoms with Gasteiger partial charge in [0.05, 0.1) is 6.61 Å². The van der Waals surface area contributed by atoms with Crippen molar-refractivity contribution in [1.82, 2.24) is 0 Å². The number of hydrogen-bond donors (Lipinski definition) is 1. The van der Waals surface area contributed by atoms with Crippen LogP contribution in [0.1, 0.15) is 51.6 Å². The van der Waals surface area contributed by atoms with Gasteiger partial charge in [-0.25, -0.2) is 0 Å². The van der Waals surface area contributed by atoms with Crippen molar-refractivity contribution >= 4 is 0 Å². The Morgan fingerprint density at radius 3 is 2.65 bits per heavy atom. The van der Waals surface area contributed by atoms with Crippen molar-refractivity contribution in [3.8, 4) is 5.75 Å². The summed E-state index contributed by atoms with van der Waals surface area (Å²) in [5.74, 6) is 1.68. The van der Waals surface area contributed by atoms with Crippen LogP contribution in [-0.2, 0) is 0 Å². The molecule has 2 nitrogen and oxygen atoms in total. The summed E-state index contributed by atoms with van der Waals surface area (Å²) in [7, 11) is 0. The zero-order chi connectivity index (χ0) is 12.7. The Labute approximate surface area is 105 Å². The number of hydrogen-bond acceptors (Lipinski definition) is 2. The molecule has 0 bridgehead atoms. The summed E-state index contributed by atoms with van der Waals surface area (Å²) in [6.45, 7) is 7.20. The molecule has 0 aliphatic heterocycles. The summed E-state index contributed by atoms with van der Waals surface area (Å²) < 4.78 is 5.48. The molecule has 0 radical (unpaired) electrons. The summed E-state index contributed by atoms with van der Waals surface area (Å²) >= 11 is 0. The molecule has 1 rings (SSSR count). The lowest BCUT2D eigenvalue weighted by atomic mass is 9.98. The predicted octanol–water partition coefficient (Wildman–Crippen LogP) is 3.91. The van der Waals surface area contributed by atoms with E-state index >= 15 is 0 Å². The van der Waals surface area contributed by atoms with Crippen LogP contribution in [0.4, 0.5) is 0 Å². The molecule has 0 spiro atoms. The van der Waals surface area contributed by atoms with Crippen molar-refractivity contribution in [1.29, 1.82) is 0 Å². The van der Waals surface area contributed by atoms with Crippen molar-refractivity contribution in [3.05, 3.63) is 29.8 Å². The molecule has 0 fully saturated rings. The van der Waals surface area contributed by atoms with Crippen LogP contribution in [0.5, 0.6) is 5.75 Å². The van der Waals surface area contributed by atoms with Crippen LogP contribution in [0.3, 0.4) is 0 Å². The lowest BCUT2D eigenvalue weighted by molar-refractivity contribution is 0.339. The minimum Gasteiger partial charge on any atom is -0.494 e. The molecule has 17 heavy (non-hydrogen) atoms. The first-order valence-corrected chi connectivity index (χ1v) is 6.61. The van der Waals surface area contributed by atoms with Crippen molar-refractivity contribution in [2.24, 2.45) is 11.7 Å². The van der Waals surface area contributed by atoms with Gasteiger partial charge in [-0.05, 0) is 37.0 Å². The average molecular weight is 235 g/mol. The molecule has 0 amide bonds. The summed E-state index contributed by atoms with van der Waals surface area (Å²) in [6.07, 6.45) is 3.49. The van der Waals surface area contributed by atoms with Gasteiger partial charge in [-0.3, -0.25) is 0 Å². The Bertz CT molecular complexity index is 322. The number of ether oxygens (including phenoxy) is 1. The van der Waals surface area contributed by atoms with Crippen LogP contribution in [0, 0.1) is 5.92 Å². The number of rotatable bonds is 7. The highest BCUT2D eigenvalue weighted by atomic mass is 16.5. The van der Waals surface area contributed by atoms with E-state index in [0.717, 1.165) is 18.1 Å². The summed E-state index contributed by atoms with van der Waals surface area (Å²) in [4.78, 5) is 0. The van der Waals surface area contributed by atoms with Gasteiger partial charge in [-0.2, -0.15) is 0 Å². The first-order valence-electron chi connectivity index (χ1n) is 6.61. The Hall–Kier alpha value is -1.02. The van der Waals surface area contributed by atoms with E-state index in [-0.39, 0.29) is 6.04 Å². The third kappa shape index (κ3) is 5.22. The van der Waals surface area contributed by atoms with E-state index in [2.05, 4.69) is 26.0 Å². The van der Waals surface area contributed by atoms with Crippen molar-refractivity contribution in [2.75, 3.05) is 6.61 Å². The van der Waals surface area contributed by atoms with Gasteiger partial charge in [0.1, 0.15) is 5.75 Å². The molecule has 1 atom stereocenters. The Balaban J connectivity index is 2.50. The van der Waals surface area contributed by atoms with E-state index in [0.29, 0.717) is 6.61 Å². The van der Waals surface area contributed by atoms with Gasteiger partial charge in [0.2, 0.25) is 0 Å². The lowest BCUT2D eigenvalue weighted by Crippen LogP contribution is -2.10. The summed E-state index contributed by atoms with van der Waals surface area (Å²) in [5.41, 5.74) is 7.37. The fourth-order valence-electron chi connectivity index (χ4n) is 1.91. The zero-order valence-electron chi connectivity index (χ0n) is 11.3. The van der Waals surface area contributed by atoms with Gasteiger partial charge in [-0.15, -0.1) is 0 Å². The van der Waals surface area contributed by atoms with Crippen molar-refractivity contribution in [3.63, 3.8) is 0 Å². The number of benzene rings is 1. The topological polar surface area (TPSA) is 35.2 Å². The van der Waals surface area contributed by atoms with Gasteiger partial charge < -0.3 is 10.5 Å². The van der Waals surface area contributed by atoms with Gasteiger partial charge in [0, 0.05) is 6.04 Å². The molecule has 1 unspecified atom stereocenters. The highest BCUT2D eigenvalue weighted by Gasteiger charge is 2.07. The standard InChI is InChI=1S/C15H25NO/c1-4-17-14-9-6-8-13(11-14)15(16)10-5-7-12(2)3/h6,8-9,11-12,15H,4-5,7,10,16H2,1-3H3. The van der Waals surface area contributed by atoms with Crippen LogP contribution < -0.4 is 10.5 Å². The fourth-order valence-corrected chi connectivity index (χ4v) is 1.91. The Morgan fingerprint density at radius 2 is 2.00 bits per heavy atom. The second-order valence-corrected chi connectivity index (χ2v) is 4.94. The maximum Gasteiger partial charge on any atom is 0.119 e. The average Bonchev–Trinajstić information content (AvgIpc) is 2.29. The molecule has 0 aliphatic rings. The first-order chi connectivity index (χ1) is 8.13. The Morgan fingerprint density at radius 1 is 1.24 bits per heavy atom. The minimum absolute atomic E-state index is 0.133. The second-order valence-electron chi connectivity index (χ2n) is 4.94. The molecule has 0 saturated carbocycles. The van der Waals surface area contributed by atoms with Crippen LogP contribution >= 0.6 is 0 Å². The van der Waals surface area contributed by atoms with Crippen molar-refractivity contribution in [2.45, 2.75) is 46.1 Å². The molecule has 0 aromatic heterocycles. The monoisotopic (exact) mass is 235 g/mol. The van der Waals surface area contributed by atoms with E-state index in [1.165, 1.54) is 18.4 Å². The molecule has 1 aromatic carbocycles. The molecule has 2 heteroatoms. The molecular formula is C15H25NO. The molecule has 2 N–H and O–H groups in total. The van der Waals surface area contributed by atoms with Crippen LogP contribution in [0.15, 0.2) is 24.3 Å². The van der Waals surface area contributed by atoms with Crippen LogP contribution in [0.25, 0.3) is 0 Å². The molecule has 96 valence electrons. The van der Waals surface area contributed by atoms with E-state index in [4.69, 9.17) is 10.5 Å². The molecule has 0 heterocycles. The predicted molar refractivity (Wildman–Crippen MR) is 73.2 cm³/mol. The highest BCUT2D eigenvalue weighted by Crippen LogP contribution is 2.22. The van der Waals surface area contributed by atoms with E-state index in [1.807, 2.05) is 19.1 Å². The third-order valence-corrected chi connectivity index (χ3v) is 2.89. The maximum absolute atomic E-state index is 6.19. The van der Waals surface area contributed by atoms with Crippen LogP contribution in [0.2, 0.25) is 0 Å². The molecule has 0 saturated heterocycles.